The normalized spacial score (nSPS) is 10.9. The number of hydrogen-bond acceptors (Lipinski definition) is 6. The summed E-state index contributed by atoms with van der Waals surface area (Å²) in [5, 5.41) is 23.4. The Morgan fingerprint density at radius 1 is 1.20 bits per heavy atom. The fourth-order valence-corrected chi connectivity index (χ4v) is 3.94. The Morgan fingerprint density at radius 3 is 2.57 bits per heavy atom. The lowest BCUT2D eigenvalue weighted by atomic mass is 10.1. The van der Waals surface area contributed by atoms with Crippen molar-refractivity contribution >= 4 is 62.5 Å². The van der Waals surface area contributed by atoms with Crippen LogP contribution in [-0.4, -0.2) is 17.9 Å². The smallest absolute Gasteiger partial charge is 0.271 e. The van der Waals surface area contributed by atoms with Crippen LogP contribution in [0.5, 0.6) is 11.5 Å². The Labute approximate surface area is 219 Å². The zero-order valence-corrected chi connectivity index (χ0v) is 21.1. The molecule has 0 radical (unpaired) electrons. The molecule has 0 aliphatic rings. The first-order valence-electron chi connectivity index (χ1n) is 9.84. The third kappa shape index (κ3) is 6.51. The molecule has 0 aliphatic carbocycles. The molecule has 0 aliphatic heterocycles. The molecule has 0 unspecified atom stereocenters. The van der Waals surface area contributed by atoms with Gasteiger partial charge in [-0.1, -0.05) is 41.4 Å². The standard InChI is InChI=1S/C24H16BrCl2N3O5/c1-34-22-10-14(9-18(25)23(22)35-13-15-4-2-3-5-19(15)26)8-16(12-28)24(31)29-21-7-6-17(30(32)33)11-20(21)27/h2-11H,13H2,1H3,(H,29,31)/b16-8-. The number of amides is 1. The third-order valence-electron chi connectivity index (χ3n) is 4.67. The van der Waals surface area contributed by atoms with E-state index in [1.54, 1.807) is 18.2 Å². The maximum Gasteiger partial charge on any atom is 0.271 e. The highest BCUT2D eigenvalue weighted by atomic mass is 79.9. The van der Waals surface area contributed by atoms with Crippen molar-refractivity contribution in [1.29, 1.82) is 5.26 Å². The molecule has 1 amide bonds. The predicted molar refractivity (Wildman–Crippen MR) is 137 cm³/mol. The number of ether oxygens (including phenoxy) is 2. The van der Waals surface area contributed by atoms with Crippen LogP contribution in [0.4, 0.5) is 11.4 Å². The van der Waals surface area contributed by atoms with E-state index in [0.717, 1.165) is 11.6 Å². The van der Waals surface area contributed by atoms with Crippen LogP contribution < -0.4 is 14.8 Å². The number of rotatable bonds is 8. The highest BCUT2D eigenvalue weighted by Crippen LogP contribution is 2.38. The van der Waals surface area contributed by atoms with E-state index < -0.39 is 10.8 Å². The minimum Gasteiger partial charge on any atom is -0.493 e. The van der Waals surface area contributed by atoms with Gasteiger partial charge in [-0.3, -0.25) is 14.9 Å². The monoisotopic (exact) mass is 575 g/mol. The molecule has 11 heteroatoms. The van der Waals surface area contributed by atoms with E-state index in [2.05, 4.69) is 21.2 Å². The van der Waals surface area contributed by atoms with Crippen molar-refractivity contribution in [2.24, 2.45) is 0 Å². The topological polar surface area (TPSA) is 114 Å². The highest BCUT2D eigenvalue weighted by Gasteiger charge is 2.17. The van der Waals surface area contributed by atoms with E-state index in [1.807, 2.05) is 24.3 Å². The highest BCUT2D eigenvalue weighted by molar-refractivity contribution is 9.10. The van der Waals surface area contributed by atoms with Gasteiger partial charge in [0.05, 0.1) is 27.2 Å². The molecule has 1 N–H and O–H groups in total. The van der Waals surface area contributed by atoms with Crippen LogP contribution in [0.2, 0.25) is 10.0 Å². The number of carbonyl (C=O) groups is 1. The molecular weight excluding hydrogens is 561 g/mol. The summed E-state index contributed by atoms with van der Waals surface area (Å²) in [4.78, 5) is 22.9. The number of benzene rings is 3. The van der Waals surface area contributed by atoms with E-state index >= 15 is 0 Å². The number of nitro benzene ring substituents is 1. The van der Waals surface area contributed by atoms with Gasteiger partial charge in [-0.25, -0.2) is 0 Å². The fourth-order valence-electron chi connectivity index (χ4n) is 2.95. The number of nitrogens with zero attached hydrogens (tertiary/aromatic N) is 2. The minimum absolute atomic E-state index is 0.0331. The Bertz CT molecular complexity index is 1370. The molecule has 0 fully saturated rings. The molecule has 0 saturated carbocycles. The SMILES string of the molecule is COc1cc(/C=C(/C#N)C(=O)Nc2ccc([N+](=O)[O-])cc2Cl)cc(Br)c1OCc1ccccc1Cl. The summed E-state index contributed by atoms with van der Waals surface area (Å²) < 4.78 is 11.9. The molecule has 3 aromatic rings. The van der Waals surface area contributed by atoms with Crippen molar-refractivity contribution in [1.82, 2.24) is 0 Å². The number of non-ortho nitro benzene ring substituents is 1. The average molecular weight is 577 g/mol. The first-order valence-corrected chi connectivity index (χ1v) is 11.4. The lowest BCUT2D eigenvalue weighted by Crippen LogP contribution is -2.13. The Balaban J connectivity index is 1.83. The van der Waals surface area contributed by atoms with Crippen molar-refractivity contribution in [3.63, 3.8) is 0 Å². The summed E-state index contributed by atoms with van der Waals surface area (Å²) in [6.07, 6.45) is 1.36. The average Bonchev–Trinajstić information content (AvgIpc) is 2.83. The lowest BCUT2D eigenvalue weighted by Gasteiger charge is -2.14. The lowest BCUT2D eigenvalue weighted by molar-refractivity contribution is -0.384. The van der Waals surface area contributed by atoms with Crippen LogP contribution in [0.25, 0.3) is 6.08 Å². The van der Waals surface area contributed by atoms with E-state index in [9.17, 15) is 20.2 Å². The maximum atomic E-state index is 12.6. The first-order chi connectivity index (χ1) is 16.7. The second-order valence-electron chi connectivity index (χ2n) is 6.96. The summed E-state index contributed by atoms with van der Waals surface area (Å²) in [6.45, 7) is 0.200. The van der Waals surface area contributed by atoms with Crippen LogP contribution >= 0.6 is 39.1 Å². The third-order valence-corrected chi connectivity index (χ3v) is 5.94. The first kappa shape index (κ1) is 26.0. The molecule has 35 heavy (non-hydrogen) atoms. The predicted octanol–water partition coefficient (Wildman–Crippen LogP) is 6.80. The van der Waals surface area contributed by atoms with Gasteiger partial charge in [0.15, 0.2) is 11.5 Å². The maximum absolute atomic E-state index is 12.6. The largest absolute Gasteiger partial charge is 0.493 e. The van der Waals surface area contributed by atoms with Crippen molar-refractivity contribution in [3.05, 3.63) is 95.9 Å². The molecule has 8 nitrogen and oxygen atoms in total. The van der Waals surface area contributed by atoms with Gasteiger partial charge in [0, 0.05) is 22.7 Å². The van der Waals surface area contributed by atoms with Gasteiger partial charge < -0.3 is 14.8 Å². The van der Waals surface area contributed by atoms with Gasteiger partial charge in [-0.05, 0) is 51.8 Å². The molecular formula is C24H16BrCl2N3O5. The summed E-state index contributed by atoms with van der Waals surface area (Å²) in [5.74, 6) is 0.0522. The van der Waals surface area contributed by atoms with E-state index in [0.29, 0.717) is 26.6 Å². The quantitative estimate of drug-likeness (QED) is 0.136. The Hall–Kier alpha value is -3.58. The van der Waals surface area contributed by atoms with E-state index in [-0.39, 0.29) is 28.6 Å². The van der Waals surface area contributed by atoms with Crippen LogP contribution in [0.3, 0.4) is 0 Å². The number of carbonyl (C=O) groups excluding carboxylic acids is 1. The van der Waals surface area contributed by atoms with Gasteiger partial charge in [-0.2, -0.15) is 5.26 Å². The molecule has 0 saturated heterocycles. The number of nitro groups is 1. The molecule has 178 valence electrons. The molecule has 0 atom stereocenters. The van der Waals surface area contributed by atoms with Gasteiger partial charge in [0.2, 0.25) is 0 Å². The van der Waals surface area contributed by atoms with Crippen LogP contribution in [0, 0.1) is 21.4 Å². The fraction of sp³-hybridized carbons (Fsp3) is 0.0833. The molecule has 0 aromatic heterocycles. The molecule has 3 aromatic carbocycles. The van der Waals surface area contributed by atoms with E-state index in [4.69, 9.17) is 32.7 Å². The van der Waals surface area contributed by atoms with Crippen molar-refractivity contribution < 1.29 is 19.2 Å². The van der Waals surface area contributed by atoms with Crippen molar-refractivity contribution in [3.8, 4) is 17.6 Å². The summed E-state index contributed by atoms with van der Waals surface area (Å²) in [5.41, 5.74) is 0.960. The number of halogens is 3. The zero-order valence-electron chi connectivity index (χ0n) is 18.1. The summed E-state index contributed by atoms with van der Waals surface area (Å²) in [7, 11) is 1.46. The Kier molecular flexibility index (Phi) is 8.71. The number of nitriles is 1. The second kappa shape index (κ2) is 11.7. The van der Waals surface area contributed by atoms with Gasteiger partial charge in [0.1, 0.15) is 18.2 Å². The second-order valence-corrected chi connectivity index (χ2v) is 8.63. The van der Waals surface area contributed by atoms with Crippen LogP contribution in [0.15, 0.2) is 64.6 Å². The van der Waals surface area contributed by atoms with E-state index in [1.165, 1.54) is 25.3 Å². The molecule has 0 heterocycles. The number of methoxy groups -OCH3 is 1. The van der Waals surface area contributed by atoms with Crippen LogP contribution in [-0.2, 0) is 11.4 Å². The molecule has 0 bridgehead atoms. The number of nitrogens with one attached hydrogen (secondary N) is 1. The van der Waals surface area contributed by atoms with Crippen LogP contribution in [0.1, 0.15) is 11.1 Å². The zero-order chi connectivity index (χ0) is 25.5. The van der Waals surface area contributed by atoms with Gasteiger partial charge in [0.25, 0.3) is 11.6 Å². The Morgan fingerprint density at radius 2 is 1.94 bits per heavy atom. The van der Waals surface area contributed by atoms with Crippen molar-refractivity contribution in [2.75, 3.05) is 12.4 Å². The molecule has 3 rings (SSSR count). The minimum atomic E-state index is -0.739. The molecule has 0 spiro atoms. The summed E-state index contributed by atoms with van der Waals surface area (Å²) >= 11 is 15.6. The number of anilines is 1. The summed E-state index contributed by atoms with van der Waals surface area (Å²) in [6, 6.07) is 16.0. The van der Waals surface area contributed by atoms with Gasteiger partial charge >= 0.3 is 0 Å². The van der Waals surface area contributed by atoms with Gasteiger partial charge in [-0.15, -0.1) is 0 Å². The van der Waals surface area contributed by atoms with Crippen molar-refractivity contribution in [2.45, 2.75) is 6.61 Å². The number of hydrogen-bond donors (Lipinski definition) is 1.